The van der Waals surface area contributed by atoms with Crippen LogP contribution >= 0.6 is 0 Å². The van der Waals surface area contributed by atoms with Gasteiger partial charge in [0.05, 0.1) is 61.3 Å². The molecule has 0 amide bonds. The maximum absolute atomic E-state index is 9.86. The lowest BCUT2D eigenvalue weighted by Crippen LogP contribution is -2.42. The maximum atomic E-state index is 9.86. The van der Waals surface area contributed by atoms with Crippen LogP contribution in [0.25, 0.3) is 0 Å². The lowest BCUT2D eigenvalue weighted by atomic mass is 10.0. The Morgan fingerprint density at radius 2 is 0.611 bits per heavy atom. The Balaban J connectivity index is -0.000000774. The summed E-state index contributed by atoms with van der Waals surface area (Å²) in [6, 6.07) is -1.21. The number of carbonyl (C=O) groups is 2. The fourth-order valence-corrected chi connectivity index (χ4v) is 6.66. The van der Waals surface area contributed by atoms with Gasteiger partial charge in [0, 0.05) is 12.0 Å². The minimum atomic E-state index is -1.44. The number of hydrogen-bond acceptors (Lipinski definition) is 5. The average molecular weight is 770 g/mol. The van der Waals surface area contributed by atoms with Gasteiger partial charge in [-0.15, -0.1) is 0 Å². The molecule has 0 heterocycles. The van der Waals surface area contributed by atoms with Crippen LogP contribution in [-0.4, -0.2) is 82.3 Å². The topological polar surface area (TPSA) is 106 Å². The number of unbranched alkanes of at least 4 members (excludes halogenated alkanes) is 30. The summed E-state index contributed by atoms with van der Waals surface area (Å²) in [5, 5.41) is 19.6. The fourth-order valence-electron chi connectivity index (χ4n) is 6.66. The van der Waals surface area contributed by atoms with Crippen LogP contribution in [0, 0.1) is 0 Å². The van der Waals surface area contributed by atoms with Crippen LogP contribution in [0.5, 0.6) is 0 Å². The molecule has 54 heavy (non-hydrogen) atoms. The Hall–Kier alpha value is -1.18. The largest absolute Gasteiger partial charge is 0.550 e. The SMILES string of the molecule is CCCCCCCCCCCCCCCCCC[N+](C)(C)C.CCCCCCCCCCCCCCCCCC[N+](C)(C)C.N[C@@H](CCC(=O)[O-])C(=O)[O-]. The molecule has 0 aliphatic heterocycles. The van der Waals surface area contributed by atoms with Gasteiger partial charge in [0.2, 0.25) is 0 Å². The summed E-state index contributed by atoms with van der Waals surface area (Å²) < 4.78 is 2.25. The van der Waals surface area contributed by atoms with E-state index in [1.807, 2.05) is 0 Å². The van der Waals surface area contributed by atoms with E-state index in [4.69, 9.17) is 5.73 Å². The Morgan fingerprint density at radius 1 is 0.407 bits per heavy atom. The lowest BCUT2D eigenvalue weighted by Gasteiger charge is -2.23. The van der Waals surface area contributed by atoms with Crippen LogP contribution < -0.4 is 15.9 Å². The monoisotopic (exact) mass is 770 g/mol. The second-order valence-corrected chi connectivity index (χ2v) is 18.5. The molecular weight excluding hydrogens is 671 g/mol. The quantitative estimate of drug-likeness (QED) is 0.0497. The zero-order valence-corrected chi connectivity index (χ0v) is 38.1. The molecule has 0 fully saturated rings. The standard InChI is InChI=1S/2C21H46N.C5H9NO4/c2*1-5-6-7-8-9-10-11-12-13-14-15-16-17-18-19-20-21-22(2,3)4;6-3(5(9)10)1-2-4(7)8/h2*5-21H2,1-4H3;3H,1-2,6H2,(H,7,8)(H,9,10)/q2*+1;/p-2/t;;3-/m..0/s1. The van der Waals surface area contributed by atoms with Crippen molar-refractivity contribution in [2.45, 2.75) is 238 Å². The molecule has 0 rings (SSSR count). The summed E-state index contributed by atoms with van der Waals surface area (Å²) in [5.74, 6) is -2.75. The predicted octanol–water partition coefficient (Wildman–Crippen LogP) is 10.5. The van der Waals surface area contributed by atoms with Crippen molar-refractivity contribution in [2.24, 2.45) is 5.73 Å². The number of rotatable bonds is 38. The Kier molecular flexibility index (Phi) is 45.5. The molecule has 7 heteroatoms. The molecular formula is C47H99N3O4. The molecule has 0 saturated heterocycles. The first-order valence-corrected chi connectivity index (χ1v) is 23.4. The van der Waals surface area contributed by atoms with Crippen LogP contribution in [-0.2, 0) is 9.59 Å². The van der Waals surface area contributed by atoms with Crippen molar-refractivity contribution in [3.8, 4) is 0 Å². The highest BCUT2D eigenvalue weighted by atomic mass is 16.4. The van der Waals surface area contributed by atoms with Gasteiger partial charge in [0.25, 0.3) is 0 Å². The number of carboxylic acids is 2. The molecule has 0 aromatic carbocycles. The molecule has 2 N–H and O–H groups in total. The van der Waals surface area contributed by atoms with E-state index in [0.717, 1.165) is 8.97 Å². The highest BCUT2D eigenvalue weighted by Gasteiger charge is 2.06. The van der Waals surface area contributed by atoms with Gasteiger partial charge in [-0.25, -0.2) is 0 Å². The lowest BCUT2D eigenvalue weighted by molar-refractivity contribution is -0.870. The van der Waals surface area contributed by atoms with Gasteiger partial charge in [-0.2, -0.15) is 0 Å². The van der Waals surface area contributed by atoms with Gasteiger partial charge >= 0.3 is 0 Å². The first-order valence-electron chi connectivity index (χ1n) is 23.4. The molecule has 0 aromatic rings. The van der Waals surface area contributed by atoms with Gasteiger partial charge < -0.3 is 34.5 Å². The van der Waals surface area contributed by atoms with Gasteiger partial charge in [0.15, 0.2) is 0 Å². The van der Waals surface area contributed by atoms with Crippen LogP contribution in [0.15, 0.2) is 0 Å². The summed E-state index contributed by atoms with van der Waals surface area (Å²) in [4.78, 5) is 19.6. The van der Waals surface area contributed by atoms with E-state index in [0.29, 0.717) is 0 Å². The molecule has 0 bridgehead atoms. The van der Waals surface area contributed by atoms with Crippen LogP contribution in [0.2, 0.25) is 0 Å². The highest BCUT2D eigenvalue weighted by Crippen LogP contribution is 2.15. The third-order valence-corrected chi connectivity index (χ3v) is 10.3. The molecule has 7 nitrogen and oxygen atoms in total. The van der Waals surface area contributed by atoms with Gasteiger partial charge in [-0.3, -0.25) is 0 Å². The van der Waals surface area contributed by atoms with E-state index < -0.39 is 18.0 Å². The van der Waals surface area contributed by atoms with Crippen molar-refractivity contribution in [1.29, 1.82) is 0 Å². The molecule has 0 unspecified atom stereocenters. The fraction of sp³-hybridized carbons (Fsp3) is 0.957. The minimum absolute atomic E-state index is 0.148. The Labute approximate surface area is 339 Å². The number of quaternary nitrogens is 2. The molecule has 0 spiro atoms. The Morgan fingerprint density at radius 3 is 0.778 bits per heavy atom. The minimum Gasteiger partial charge on any atom is -0.550 e. The summed E-state index contributed by atoms with van der Waals surface area (Å²) in [5.41, 5.74) is 4.91. The van der Waals surface area contributed by atoms with E-state index in [1.54, 1.807) is 0 Å². The van der Waals surface area contributed by atoms with Crippen molar-refractivity contribution < 1.29 is 28.8 Å². The number of carboxylic acid groups (broad SMARTS) is 2. The number of hydrogen-bond donors (Lipinski definition) is 1. The Bertz CT molecular complexity index is 717. The van der Waals surface area contributed by atoms with Crippen molar-refractivity contribution >= 4 is 11.9 Å². The number of nitrogens with zero attached hydrogens (tertiary/aromatic N) is 2. The highest BCUT2D eigenvalue weighted by molar-refractivity contribution is 5.72. The van der Waals surface area contributed by atoms with Crippen LogP contribution in [0.1, 0.15) is 232 Å². The van der Waals surface area contributed by atoms with E-state index in [1.165, 1.54) is 219 Å². The number of nitrogens with two attached hydrogens (primary N) is 1. The van der Waals surface area contributed by atoms with E-state index >= 15 is 0 Å². The molecule has 1 atom stereocenters. The normalized spacial score (nSPS) is 12.1. The summed E-state index contributed by atoms with van der Waals surface area (Å²) >= 11 is 0. The molecule has 0 saturated carbocycles. The van der Waals surface area contributed by atoms with Crippen LogP contribution in [0.4, 0.5) is 0 Å². The zero-order valence-electron chi connectivity index (χ0n) is 38.1. The second kappa shape index (κ2) is 43.0. The smallest absolute Gasteiger partial charge is 0.0780 e. The molecule has 0 aliphatic rings. The van der Waals surface area contributed by atoms with Gasteiger partial charge in [-0.1, -0.05) is 194 Å². The van der Waals surface area contributed by atoms with Gasteiger partial charge in [-0.05, 0) is 38.5 Å². The molecule has 0 radical (unpaired) electrons. The van der Waals surface area contributed by atoms with Crippen molar-refractivity contribution in [1.82, 2.24) is 0 Å². The summed E-state index contributed by atoms with van der Waals surface area (Å²) in [6.45, 7) is 7.26. The third kappa shape index (κ3) is 60.1. The molecule has 326 valence electrons. The summed E-state index contributed by atoms with van der Waals surface area (Å²) in [6.07, 6.45) is 46.2. The predicted molar refractivity (Wildman–Crippen MR) is 232 cm³/mol. The molecule has 0 aromatic heterocycles. The van der Waals surface area contributed by atoms with Crippen LogP contribution in [0.3, 0.4) is 0 Å². The second-order valence-electron chi connectivity index (χ2n) is 18.5. The van der Waals surface area contributed by atoms with E-state index in [2.05, 4.69) is 56.1 Å². The van der Waals surface area contributed by atoms with Gasteiger partial charge in [0.1, 0.15) is 0 Å². The van der Waals surface area contributed by atoms with Crippen molar-refractivity contribution in [2.75, 3.05) is 55.4 Å². The first-order chi connectivity index (χ1) is 25.7. The summed E-state index contributed by atoms with van der Waals surface area (Å²) in [7, 11) is 13.8. The van der Waals surface area contributed by atoms with Crippen molar-refractivity contribution in [3.63, 3.8) is 0 Å². The van der Waals surface area contributed by atoms with E-state index in [9.17, 15) is 19.8 Å². The number of aliphatic carboxylic acids is 2. The zero-order chi connectivity index (χ0) is 41.2. The van der Waals surface area contributed by atoms with Crippen molar-refractivity contribution in [3.05, 3.63) is 0 Å². The first kappa shape index (κ1) is 57.1. The molecule has 0 aliphatic carbocycles. The maximum Gasteiger partial charge on any atom is 0.0780 e. The average Bonchev–Trinajstić information content (AvgIpc) is 3.09. The third-order valence-electron chi connectivity index (χ3n) is 10.3. The number of carbonyl (C=O) groups excluding carboxylic acids is 2. The van der Waals surface area contributed by atoms with E-state index in [-0.39, 0.29) is 12.8 Å².